The van der Waals surface area contributed by atoms with Crippen LogP contribution < -0.4 is 5.73 Å². The highest BCUT2D eigenvalue weighted by Crippen LogP contribution is 2.14. The molecule has 2 aromatic rings. The molecule has 0 saturated carbocycles. The van der Waals surface area contributed by atoms with Crippen LogP contribution in [0.2, 0.25) is 0 Å². The number of furan rings is 1. The van der Waals surface area contributed by atoms with Crippen molar-refractivity contribution in [3.05, 3.63) is 36.4 Å². The fraction of sp³-hybridized carbons (Fsp3) is 0.273. The van der Waals surface area contributed by atoms with Crippen LogP contribution >= 0.6 is 0 Å². The summed E-state index contributed by atoms with van der Waals surface area (Å²) >= 11 is 0. The molecule has 0 aliphatic carbocycles. The van der Waals surface area contributed by atoms with E-state index in [0.717, 1.165) is 18.4 Å². The predicted molar refractivity (Wildman–Crippen MR) is 57.1 cm³/mol. The van der Waals surface area contributed by atoms with Gasteiger partial charge in [-0.1, -0.05) is 0 Å². The molecular formula is C11H13N3O. The zero-order valence-electron chi connectivity index (χ0n) is 8.39. The normalized spacial score (nSPS) is 10.5. The number of hydrogen-bond acceptors (Lipinski definition) is 4. The molecule has 0 radical (unpaired) electrons. The summed E-state index contributed by atoms with van der Waals surface area (Å²) in [5.41, 5.74) is 6.53. The second kappa shape index (κ2) is 4.70. The van der Waals surface area contributed by atoms with Gasteiger partial charge in [-0.3, -0.25) is 0 Å². The Morgan fingerprint density at radius 3 is 2.67 bits per heavy atom. The van der Waals surface area contributed by atoms with Gasteiger partial charge in [0.1, 0.15) is 0 Å². The molecule has 0 saturated heterocycles. The van der Waals surface area contributed by atoms with Gasteiger partial charge >= 0.3 is 0 Å². The Hall–Kier alpha value is -1.68. The van der Waals surface area contributed by atoms with E-state index in [1.807, 2.05) is 24.5 Å². The van der Waals surface area contributed by atoms with E-state index in [0.29, 0.717) is 18.1 Å². The lowest BCUT2D eigenvalue weighted by molar-refractivity contribution is 0.577. The standard InChI is InChI=1S/C11H13N3O/c12-5-1-3-9-7-13-11(14-8-9)10-4-2-6-15-10/h2,4,6-8H,1,3,5,12H2. The van der Waals surface area contributed by atoms with E-state index in [-0.39, 0.29) is 0 Å². The van der Waals surface area contributed by atoms with Crippen LogP contribution in [0.3, 0.4) is 0 Å². The molecule has 0 spiro atoms. The highest BCUT2D eigenvalue weighted by atomic mass is 16.3. The molecule has 15 heavy (non-hydrogen) atoms. The molecule has 0 bridgehead atoms. The largest absolute Gasteiger partial charge is 0.461 e. The number of aromatic nitrogens is 2. The van der Waals surface area contributed by atoms with Crippen LogP contribution in [0.25, 0.3) is 11.6 Å². The van der Waals surface area contributed by atoms with E-state index in [2.05, 4.69) is 9.97 Å². The third-order valence-corrected chi connectivity index (χ3v) is 2.12. The van der Waals surface area contributed by atoms with E-state index in [4.69, 9.17) is 10.2 Å². The van der Waals surface area contributed by atoms with Gasteiger partial charge < -0.3 is 10.2 Å². The van der Waals surface area contributed by atoms with E-state index < -0.39 is 0 Å². The second-order valence-corrected chi connectivity index (χ2v) is 3.28. The summed E-state index contributed by atoms with van der Waals surface area (Å²) in [5.74, 6) is 1.32. The van der Waals surface area contributed by atoms with Crippen molar-refractivity contribution in [3.63, 3.8) is 0 Å². The maximum atomic E-state index is 5.43. The van der Waals surface area contributed by atoms with Gasteiger partial charge in [-0.2, -0.15) is 0 Å². The Morgan fingerprint density at radius 1 is 1.27 bits per heavy atom. The fourth-order valence-corrected chi connectivity index (χ4v) is 1.32. The Kier molecular flexibility index (Phi) is 3.09. The molecule has 2 heterocycles. The van der Waals surface area contributed by atoms with Crippen LogP contribution in [0.4, 0.5) is 0 Å². The second-order valence-electron chi connectivity index (χ2n) is 3.28. The number of nitrogens with zero attached hydrogens (tertiary/aromatic N) is 2. The Bertz CT molecular complexity index is 394. The molecule has 4 heteroatoms. The summed E-state index contributed by atoms with van der Waals surface area (Å²) < 4.78 is 5.20. The van der Waals surface area contributed by atoms with Crippen molar-refractivity contribution in [2.45, 2.75) is 12.8 Å². The van der Waals surface area contributed by atoms with Crippen LogP contribution in [-0.4, -0.2) is 16.5 Å². The predicted octanol–water partition coefficient (Wildman–Crippen LogP) is 1.63. The molecule has 2 rings (SSSR count). The van der Waals surface area contributed by atoms with Gasteiger partial charge in [0.15, 0.2) is 11.6 Å². The van der Waals surface area contributed by atoms with E-state index in [9.17, 15) is 0 Å². The van der Waals surface area contributed by atoms with Gasteiger partial charge in [0.2, 0.25) is 0 Å². The van der Waals surface area contributed by atoms with Gasteiger partial charge in [0.25, 0.3) is 0 Å². The van der Waals surface area contributed by atoms with Crippen molar-refractivity contribution in [3.8, 4) is 11.6 Å². The van der Waals surface area contributed by atoms with Crippen molar-refractivity contribution in [1.29, 1.82) is 0 Å². The Labute approximate surface area is 88.2 Å². The lowest BCUT2D eigenvalue weighted by Crippen LogP contribution is -2.01. The van der Waals surface area contributed by atoms with Gasteiger partial charge in [-0.15, -0.1) is 0 Å². The van der Waals surface area contributed by atoms with Gasteiger partial charge in [-0.25, -0.2) is 9.97 Å². The molecule has 0 amide bonds. The van der Waals surface area contributed by atoms with E-state index >= 15 is 0 Å². The third-order valence-electron chi connectivity index (χ3n) is 2.12. The summed E-state index contributed by atoms with van der Waals surface area (Å²) in [6.45, 7) is 0.694. The number of nitrogens with two attached hydrogens (primary N) is 1. The van der Waals surface area contributed by atoms with Crippen LogP contribution in [0.15, 0.2) is 35.2 Å². The maximum Gasteiger partial charge on any atom is 0.195 e. The smallest absolute Gasteiger partial charge is 0.195 e. The van der Waals surface area contributed by atoms with Crippen molar-refractivity contribution < 1.29 is 4.42 Å². The molecule has 2 aromatic heterocycles. The van der Waals surface area contributed by atoms with Gasteiger partial charge in [-0.05, 0) is 37.1 Å². The quantitative estimate of drug-likeness (QED) is 0.820. The van der Waals surface area contributed by atoms with Crippen LogP contribution in [0, 0.1) is 0 Å². The van der Waals surface area contributed by atoms with Gasteiger partial charge in [0.05, 0.1) is 6.26 Å². The fourth-order valence-electron chi connectivity index (χ4n) is 1.32. The number of rotatable bonds is 4. The van der Waals surface area contributed by atoms with Crippen molar-refractivity contribution in [2.24, 2.45) is 5.73 Å². The molecule has 0 fully saturated rings. The highest BCUT2D eigenvalue weighted by molar-refractivity contribution is 5.45. The van der Waals surface area contributed by atoms with Crippen molar-refractivity contribution in [2.75, 3.05) is 6.54 Å². The summed E-state index contributed by atoms with van der Waals surface area (Å²) in [7, 11) is 0. The van der Waals surface area contributed by atoms with Crippen molar-refractivity contribution in [1.82, 2.24) is 9.97 Å². The zero-order chi connectivity index (χ0) is 10.5. The molecule has 0 atom stereocenters. The van der Waals surface area contributed by atoms with Crippen LogP contribution in [-0.2, 0) is 6.42 Å². The third kappa shape index (κ3) is 2.41. The lowest BCUT2D eigenvalue weighted by Gasteiger charge is -1.99. The monoisotopic (exact) mass is 203 g/mol. The first-order chi connectivity index (χ1) is 7.40. The first-order valence-electron chi connectivity index (χ1n) is 4.95. The van der Waals surface area contributed by atoms with E-state index in [1.165, 1.54) is 0 Å². The summed E-state index contributed by atoms with van der Waals surface area (Å²) in [4.78, 5) is 8.46. The summed E-state index contributed by atoms with van der Waals surface area (Å²) in [5, 5.41) is 0. The minimum atomic E-state index is 0.622. The summed E-state index contributed by atoms with van der Waals surface area (Å²) in [6, 6.07) is 3.66. The topological polar surface area (TPSA) is 64.9 Å². The number of aryl methyl sites for hydroxylation is 1. The Morgan fingerprint density at radius 2 is 2.07 bits per heavy atom. The molecule has 0 aromatic carbocycles. The first kappa shape index (κ1) is 9.86. The van der Waals surface area contributed by atoms with Crippen molar-refractivity contribution >= 4 is 0 Å². The molecule has 4 nitrogen and oxygen atoms in total. The average molecular weight is 203 g/mol. The van der Waals surface area contributed by atoms with E-state index in [1.54, 1.807) is 6.26 Å². The minimum absolute atomic E-state index is 0.622. The molecular weight excluding hydrogens is 190 g/mol. The zero-order valence-corrected chi connectivity index (χ0v) is 8.39. The van der Waals surface area contributed by atoms with Crippen LogP contribution in [0.1, 0.15) is 12.0 Å². The minimum Gasteiger partial charge on any atom is -0.461 e. The summed E-state index contributed by atoms with van der Waals surface area (Å²) in [6.07, 6.45) is 7.14. The molecule has 2 N–H and O–H groups in total. The molecule has 78 valence electrons. The molecule has 0 aliphatic heterocycles. The highest BCUT2D eigenvalue weighted by Gasteiger charge is 2.03. The van der Waals surface area contributed by atoms with Crippen LogP contribution in [0.5, 0.6) is 0 Å². The lowest BCUT2D eigenvalue weighted by atomic mass is 10.2. The molecule has 0 aliphatic rings. The average Bonchev–Trinajstić information content (AvgIpc) is 2.80. The number of hydrogen-bond donors (Lipinski definition) is 1. The first-order valence-corrected chi connectivity index (χ1v) is 4.95. The maximum absolute atomic E-state index is 5.43. The SMILES string of the molecule is NCCCc1cnc(-c2ccco2)nc1. The molecule has 0 unspecified atom stereocenters. The Balaban J connectivity index is 2.11. The van der Waals surface area contributed by atoms with Gasteiger partial charge in [0, 0.05) is 12.4 Å².